The third kappa shape index (κ3) is 4.64. The second kappa shape index (κ2) is 8.49. The third-order valence-electron chi connectivity index (χ3n) is 5.00. The van der Waals surface area contributed by atoms with Crippen LogP contribution in [0, 0.1) is 5.92 Å². The number of hydrogen-bond acceptors (Lipinski definition) is 5. The Bertz CT molecular complexity index is 552. The molecule has 0 aromatic carbocycles. The van der Waals surface area contributed by atoms with E-state index < -0.39 is 10.2 Å². The zero-order chi connectivity index (χ0) is 17.3. The van der Waals surface area contributed by atoms with Gasteiger partial charge in [-0.15, -0.1) is 12.4 Å². The minimum atomic E-state index is -3.48. The first-order valence-corrected chi connectivity index (χ1v) is 10.2. The number of nitrogens with zero attached hydrogens (tertiary/aromatic N) is 3. The van der Waals surface area contributed by atoms with Crippen molar-refractivity contribution < 1.29 is 17.9 Å². The summed E-state index contributed by atoms with van der Waals surface area (Å²) in [5.41, 5.74) is 0. The van der Waals surface area contributed by atoms with Crippen molar-refractivity contribution in [1.82, 2.24) is 18.8 Å². The van der Waals surface area contributed by atoms with Crippen LogP contribution >= 0.6 is 12.4 Å². The average molecular weight is 397 g/mol. The Morgan fingerprint density at radius 2 is 1.64 bits per heavy atom. The van der Waals surface area contributed by atoms with Gasteiger partial charge < -0.3 is 15.0 Å². The van der Waals surface area contributed by atoms with Gasteiger partial charge >= 0.3 is 0 Å². The zero-order valence-electron chi connectivity index (χ0n) is 14.9. The molecule has 1 amide bonds. The fraction of sp³-hybridized carbons (Fsp3) is 0.933. The van der Waals surface area contributed by atoms with Crippen LogP contribution in [0.2, 0.25) is 0 Å². The molecule has 3 saturated heterocycles. The van der Waals surface area contributed by atoms with Gasteiger partial charge in [0.2, 0.25) is 5.91 Å². The van der Waals surface area contributed by atoms with E-state index in [0.717, 1.165) is 19.5 Å². The number of ether oxygens (including phenoxy) is 1. The molecule has 0 aliphatic carbocycles. The number of halogens is 1. The lowest BCUT2D eigenvalue weighted by Crippen LogP contribution is -2.58. The number of amides is 1. The van der Waals surface area contributed by atoms with E-state index in [1.165, 1.54) is 8.61 Å². The van der Waals surface area contributed by atoms with Gasteiger partial charge in [0.15, 0.2) is 0 Å². The molecule has 0 radical (unpaired) electrons. The highest BCUT2D eigenvalue weighted by atomic mass is 35.5. The van der Waals surface area contributed by atoms with Gasteiger partial charge in [-0.2, -0.15) is 17.0 Å². The monoisotopic (exact) mass is 396 g/mol. The molecule has 3 unspecified atom stereocenters. The highest BCUT2D eigenvalue weighted by Crippen LogP contribution is 2.20. The molecular weight excluding hydrogens is 368 g/mol. The predicted octanol–water partition coefficient (Wildman–Crippen LogP) is -0.484. The van der Waals surface area contributed by atoms with Crippen molar-refractivity contribution in [2.75, 3.05) is 52.4 Å². The van der Waals surface area contributed by atoms with Gasteiger partial charge in [-0.05, 0) is 26.8 Å². The second-order valence-corrected chi connectivity index (χ2v) is 8.92. The molecule has 3 aliphatic rings. The topological polar surface area (TPSA) is 82.2 Å². The van der Waals surface area contributed by atoms with Crippen molar-refractivity contribution in [2.45, 2.75) is 32.5 Å². The number of carbonyl (C=O) groups excluding carboxylic acids is 1. The second-order valence-electron chi connectivity index (χ2n) is 7.00. The van der Waals surface area contributed by atoms with Crippen molar-refractivity contribution in [3.63, 3.8) is 0 Å². The summed E-state index contributed by atoms with van der Waals surface area (Å²) in [6, 6.07) is 0. The largest absolute Gasteiger partial charge is 0.373 e. The van der Waals surface area contributed by atoms with Gasteiger partial charge in [-0.1, -0.05) is 0 Å². The summed E-state index contributed by atoms with van der Waals surface area (Å²) in [6.07, 6.45) is 0.684. The van der Waals surface area contributed by atoms with Gasteiger partial charge in [-0.25, -0.2) is 0 Å². The molecule has 8 nitrogen and oxygen atoms in total. The third-order valence-corrected chi connectivity index (χ3v) is 6.97. The smallest absolute Gasteiger partial charge is 0.282 e. The van der Waals surface area contributed by atoms with Crippen molar-refractivity contribution in [2.24, 2.45) is 5.92 Å². The minimum absolute atomic E-state index is 0. The first kappa shape index (κ1) is 20.9. The molecule has 0 aromatic heterocycles. The molecule has 3 fully saturated rings. The van der Waals surface area contributed by atoms with Crippen molar-refractivity contribution in [3.8, 4) is 0 Å². The van der Waals surface area contributed by atoms with Crippen LogP contribution in [0.5, 0.6) is 0 Å². The molecule has 3 aliphatic heterocycles. The fourth-order valence-electron chi connectivity index (χ4n) is 3.75. The summed E-state index contributed by atoms with van der Waals surface area (Å²) in [5, 5.41) is 3.20. The molecule has 25 heavy (non-hydrogen) atoms. The van der Waals surface area contributed by atoms with E-state index in [0.29, 0.717) is 39.3 Å². The highest BCUT2D eigenvalue weighted by molar-refractivity contribution is 7.86. The minimum Gasteiger partial charge on any atom is -0.373 e. The van der Waals surface area contributed by atoms with Crippen molar-refractivity contribution in [3.05, 3.63) is 0 Å². The van der Waals surface area contributed by atoms with E-state index >= 15 is 0 Å². The summed E-state index contributed by atoms with van der Waals surface area (Å²) in [4.78, 5) is 14.2. The maximum Gasteiger partial charge on any atom is 0.282 e. The van der Waals surface area contributed by atoms with Gasteiger partial charge in [0, 0.05) is 45.8 Å². The van der Waals surface area contributed by atoms with Gasteiger partial charge in [0.05, 0.1) is 18.1 Å². The van der Waals surface area contributed by atoms with Crippen LogP contribution in [0.3, 0.4) is 0 Å². The van der Waals surface area contributed by atoms with E-state index in [4.69, 9.17) is 4.74 Å². The van der Waals surface area contributed by atoms with Crippen molar-refractivity contribution >= 4 is 28.5 Å². The lowest BCUT2D eigenvalue weighted by molar-refractivity contribution is -0.136. The SMILES string of the molecule is CC1CN(S(=O)(=O)N2CCN(C(=O)C3CCNC3)CC2)CC(C)O1.Cl. The Morgan fingerprint density at radius 1 is 1.04 bits per heavy atom. The Balaban J connectivity index is 0.00000225. The lowest BCUT2D eigenvalue weighted by Gasteiger charge is -2.40. The summed E-state index contributed by atoms with van der Waals surface area (Å²) in [7, 11) is -3.48. The van der Waals surface area contributed by atoms with Crippen LogP contribution in [-0.2, 0) is 19.7 Å². The van der Waals surface area contributed by atoms with Gasteiger partial charge in [0.1, 0.15) is 0 Å². The first-order valence-electron chi connectivity index (χ1n) is 8.78. The summed E-state index contributed by atoms with van der Waals surface area (Å²) < 4.78 is 34.3. The van der Waals surface area contributed by atoms with Crippen molar-refractivity contribution in [1.29, 1.82) is 0 Å². The molecule has 0 spiro atoms. The van der Waals surface area contributed by atoms with E-state index in [2.05, 4.69) is 5.32 Å². The van der Waals surface area contributed by atoms with Crippen LogP contribution in [0.15, 0.2) is 0 Å². The number of carbonyl (C=O) groups is 1. The number of hydrogen-bond donors (Lipinski definition) is 1. The molecule has 3 atom stereocenters. The van der Waals surface area contributed by atoms with Crippen LogP contribution in [0.25, 0.3) is 0 Å². The van der Waals surface area contributed by atoms with Crippen LogP contribution < -0.4 is 5.32 Å². The quantitative estimate of drug-likeness (QED) is 0.696. The standard InChI is InChI=1S/C15H28N4O4S.ClH/c1-12-10-19(11-13(2)23-12)24(21,22)18-7-5-17(6-8-18)15(20)14-3-4-16-9-14;/h12-14,16H,3-11H2,1-2H3;1H. The van der Waals surface area contributed by atoms with E-state index in [1.54, 1.807) is 0 Å². The van der Waals surface area contributed by atoms with Crippen LogP contribution in [0.1, 0.15) is 20.3 Å². The van der Waals surface area contributed by atoms with Crippen LogP contribution in [-0.4, -0.2) is 92.4 Å². The fourth-order valence-corrected chi connectivity index (χ4v) is 5.49. The summed E-state index contributed by atoms with van der Waals surface area (Å²) >= 11 is 0. The number of nitrogens with one attached hydrogen (secondary N) is 1. The average Bonchev–Trinajstić information content (AvgIpc) is 3.08. The van der Waals surface area contributed by atoms with Crippen LogP contribution in [0.4, 0.5) is 0 Å². The summed E-state index contributed by atoms with van der Waals surface area (Å²) in [6.45, 7) is 7.88. The van der Waals surface area contributed by atoms with E-state index in [1.807, 2.05) is 18.7 Å². The Morgan fingerprint density at radius 3 is 2.16 bits per heavy atom. The maximum absolute atomic E-state index is 12.8. The molecule has 0 aromatic rings. The van der Waals surface area contributed by atoms with Gasteiger partial charge in [-0.3, -0.25) is 4.79 Å². The molecule has 0 bridgehead atoms. The molecule has 146 valence electrons. The zero-order valence-corrected chi connectivity index (χ0v) is 16.5. The summed E-state index contributed by atoms with van der Waals surface area (Å²) in [5.74, 6) is 0.208. The first-order chi connectivity index (χ1) is 11.4. The Hall–Kier alpha value is -0.450. The number of piperazine rings is 1. The number of morpholine rings is 1. The normalized spacial score (nSPS) is 32.4. The molecule has 10 heteroatoms. The molecule has 0 saturated carbocycles. The number of rotatable bonds is 3. The van der Waals surface area contributed by atoms with E-state index in [9.17, 15) is 13.2 Å². The molecular formula is C15H29ClN4O4S. The maximum atomic E-state index is 12.8. The predicted molar refractivity (Wildman–Crippen MR) is 96.9 cm³/mol. The molecule has 3 heterocycles. The van der Waals surface area contributed by atoms with Gasteiger partial charge in [0.25, 0.3) is 10.2 Å². The Labute approximate surface area is 156 Å². The lowest BCUT2D eigenvalue weighted by atomic mass is 10.1. The molecule has 1 N–H and O–H groups in total. The Kier molecular flexibility index (Phi) is 7.09. The highest BCUT2D eigenvalue weighted by Gasteiger charge is 2.38. The van der Waals surface area contributed by atoms with E-state index in [-0.39, 0.29) is 36.4 Å². The molecule has 3 rings (SSSR count).